The second-order valence-corrected chi connectivity index (χ2v) is 8.32. The second kappa shape index (κ2) is 9.75. The van der Waals surface area contributed by atoms with E-state index in [1.54, 1.807) is 43.8 Å². The number of esters is 1. The standard InChI is InChI=1S/C24H24N2O4S/c1-29-18-9-7-17(8-10-18)22(27)26-23-21(24(28)30-19-5-3-2-4-6-19)20(15-31-23)16-11-13-25-14-12-16/h7-15,19H,2-6H2,1H3,(H,26,27). The van der Waals surface area contributed by atoms with E-state index in [1.165, 1.54) is 17.8 Å². The van der Waals surface area contributed by atoms with Gasteiger partial charge in [-0.2, -0.15) is 0 Å². The average Bonchev–Trinajstić information content (AvgIpc) is 3.24. The van der Waals surface area contributed by atoms with Crippen LogP contribution in [0, 0.1) is 0 Å². The normalized spacial score (nSPS) is 14.1. The molecule has 1 amide bonds. The van der Waals surface area contributed by atoms with Gasteiger partial charge in [-0.05, 0) is 67.6 Å². The predicted octanol–water partition coefficient (Wildman–Crippen LogP) is 5.56. The predicted molar refractivity (Wildman–Crippen MR) is 121 cm³/mol. The van der Waals surface area contributed by atoms with Gasteiger partial charge in [0, 0.05) is 28.9 Å². The third-order valence-electron chi connectivity index (χ3n) is 5.39. The molecule has 1 N–H and O–H groups in total. The lowest BCUT2D eigenvalue weighted by atomic mass is 9.97. The molecule has 0 aliphatic heterocycles. The molecule has 7 heteroatoms. The third kappa shape index (κ3) is 4.94. The van der Waals surface area contributed by atoms with Gasteiger partial charge in [0.15, 0.2) is 0 Å². The largest absolute Gasteiger partial charge is 0.497 e. The molecule has 2 heterocycles. The first-order valence-corrected chi connectivity index (χ1v) is 11.2. The highest BCUT2D eigenvalue weighted by Gasteiger charge is 2.26. The number of rotatable bonds is 6. The molecule has 0 saturated heterocycles. The van der Waals surface area contributed by atoms with E-state index in [0.717, 1.165) is 36.8 Å². The van der Waals surface area contributed by atoms with Crippen molar-refractivity contribution in [3.8, 4) is 16.9 Å². The minimum absolute atomic E-state index is 0.0726. The molecule has 0 spiro atoms. The van der Waals surface area contributed by atoms with Crippen LogP contribution in [-0.2, 0) is 4.74 Å². The molecule has 0 unspecified atom stereocenters. The van der Waals surface area contributed by atoms with E-state index >= 15 is 0 Å². The smallest absolute Gasteiger partial charge is 0.342 e. The Morgan fingerprint density at radius 1 is 1.03 bits per heavy atom. The first-order valence-electron chi connectivity index (χ1n) is 10.3. The fraction of sp³-hybridized carbons (Fsp3) is 0.292. The highest BCUT2D eigenvalue weighted by atomic mass is 32.1. The number of methoxy groups -OCH3 is 1. The monoisotopic (exact) mass is 436 g/mol. The molecule has 31 heavy (non-hydrogen) atoms. The molecule has 2 aromatic heterocycles. The summed E-state index contributed by atoms with van der Waals surface area (Å²) in [5.74, 6) is -0.0214. The number of benzene rings is 1. The topological polar surface area (TPSA) is 77.5 Å². The zero-order valence-corrected chi connectivity index (χ0v) is 18.1. The Balaban J connectivity index is 1.62. The van der Waals surface area contributed by atoms with Crippen LogP contribution in [0.15, 0.2) is 54.2 Å². The number of carbonyl (C=O) groups excluding carboxylic acids is 2. The van der Waals surface area contributed by atoms with Crippen LogP contribution in [0.3, 0.4) is 0 Å². The van der Waals surface area contributed by atoms with Gasteiger partial charge in [-0.1, -0.05) is 6.42 Å². The van der Waals surface area contributed by atoms with Crippen LogP contribution in [-0.4, -0.2) is 30.1 Å². The summed E-state index contributed by atoms with van der Waals surface area (Å²) in [5.41, 5.74) is 2.46. The van der Waals surface area contributed by atoms with Crippen LogP contribution < -0.4 is 10.1 Å². The fourth-order valence-corrected chi connectivity index (χ4v) is 4.66. The van der Waals surface area contributed by atoms with Gasteiger partial charge in [0.1, 0.15) is 22.4 Å². The van der Waals surface area contributed by atoms with Crippen molar-refractivity contribution in [1.29, 1.82) is 0 Å². The number of hydrogen-bond donors (Lipinski definition) is 1. The van der Waals surface area contributed by atoms with E-state index in [1.807, 2.05) is 17.5 Å². The highest BCUT2D eigenvalue weighted by molar-refractivity contribution is 7.15. The van der Waals surface area contributed by atoms with Gasteiger partial charge in [-0.25, -0.2) is 4.79 Å². The molecule has 1 aliphatic rings. The number of nitrogens with zero attached hydrogens (tertiary/aromatic N) is 1. The first-order chi connectivity index (χ1) is 15.2. The minimum Gasteiger partial charge on any atom is -0.497 e. The Kier molecular flexibility index (Phi) is 6.62. The maximum absolute atomic E-state index is 13.2. The molecule has 160 valence electrons. The van der Waals surface area contributed by atoms with Crippen LogP contribution in [0.25, 0.3) is 11.1 Å². The van der Waals surface area contributed by atoms with E-state index in [2.05, 4.69) is 10.3 Å². The fourth-order valence-electron chi connectivity index (χ4n) is 3.71. The van der Waals surface area contributed by atoms with Gasteiger partial charge in [0.25, 0.3) is 5.91 Å². The molecule has 6 nitrogen and oxygen atoms in total. The van der Waals surface area contributed by atoms with Gasteiger partial charge in [-0.15, -0.1) is 11.3 Å². The van der Waals surface area contributed by atoms with Crippen LogP contribution in [0.5, 0.6) is 5.75 Å². The lowest BCUT2D eigenvalue weighted by molar-refractivity contribution is 0.0214. The number of carbonyl (C=O) groups is 2. The van der Waals surface area contributed by atoms with Crippen molar-refractivity contribution in [3.63, 3.8) is 0 Å². The summed E-state index contributed by atoms with van der Waals surface area (Å²) in [6.07, 6.45) is 8.37. The highest BCUT2D eigenvalue weighted by Crippen LogP contribution is 2.37. The number of thiophene rings is 1. The molecule has 1 aliphatic carbocycles. The van der Waals surface area contributed by atoms with Crippen molar-refractivity contribution in [2.45, 2.75) is 38.2 Å². The zero-order chi connectivity index (χ0) is 21.6. The lowest BCUT2D eigenvalue weighted by Gasteiger charge is -2.22. The van der Waals surface area contributed by atoms with Gasteiger partial charge < -0.3 is 14.8 Å². The SMILES string of the molecule is COc1ccc(C(=O)Nc2scc(-c3ccncc3)c2C(=O)OC2CCCCC2)cc1. The van der Waals surface area contributed by atoms with Crippen LogP contribution in [0.1, 0.15) is 52.8 Å². The van der Waals surface area contributed by atoms with Crippen molar-refractivity contribution in [1.82, 2.24) is 4.98 Å². The molecule has 0 radical (unpaired) electrons. The van der Waals surface area contributed by atoms with Crippen molar-refractivity contribution < 1.29 is 19.1 Å². The molecular formula is C24H24N2O4S. The maximum atomic E-state index is 13.2. The van der Waals surface area contributed by atoms with Crippen molar-refractivity contribution in [2.75, 3.05) is 12.4 Å². The van der Waals surface area contributed by atoms with Gasteiger partial charge in [0.05, 0.1) is 7.11 Å². The first kappa shape index (κ1) is 21.1. The van der Waals surface area contributed by atoms with E-state index in [9.17, 15) is 9.59 Å². The number of pyridine rings is 1. The van der Waals surface area contributed by atoms with E-state index in [0.29, 0.717) is 21.9 Å². The summed E-state index contributed by atoms with van der Waals surface area (Å²) in [7, 11) is 1.57. The lowest BCUT2D eigenvalue weighted by Crippen LogP contribution is -2.22. The summed E-state index contributed by atoms with van der Waals surface area (Å²) >= 11 is 1.31. The molecule has 0 atom stereocenters. The Morgan fingerprint density at radius 2 is 1.74 bits per heavy atom. The number of amides is 1. The summed E-state index contributed by atoms with van der Waals surface area (Å²) < 4.78 is 11.0. The van der Waals surface area contributed by atoms with Crippen LogP contribution >= 0.6 is 11.3 Å². The van der Waals surface area contributed by atoms with Crippen LogP contribution in [0.4, 0.5) is 5.00 Å². The van der Waals surface area contributed by atoms with Gasteiger partial charge in [-0.3, -0.25) is 9.78 Å². The number of anilines is 1. The quantitative estimate of drug-likeness (QED) is 0.512. The Bertz CT molecular complexity index is 1040. The summed E-state index contributed by atoms with van der Waals surface area (Å²) in [4.78, 5) is 30.1. The Morgan fingerprint density at radius 3 is 2.42 bits per heavy atom. The average molecular weight is 437 g/mol. The summed E-state index contributed by atoms with van der Waals surface area (Å²) in [6, 6.07) is 10.5. The molecule has 1 saturated carbocycles. The van der Waals surface area contributed by atoms with Crippen molar-refractivity contribution >= 4 is 28.2 Å². The van der Waals surface area contributed by atoms with Gasteiger partial charge >= 0.3 is 5.97 Å². The number of nitrogens with one attached hydrogen (secondary N) is 1. The number of ether oxygens (including phenoxy) is 2. The molecule has 0 bridgehead atoms. The second-order valence-electron chi connectivity index (χ2n) is 7.44. The minimum atomic E-state index is -0.398. The van der Waals surface area contributed by atoms with Crippen molar-refractivity contribution in [3.05, 3.63) is 65.3 Å². The van der Waals surface area contributed by atoms with E-state index in [-0.39, 0.29) is 12.0 Å². The van der Waals surface area contributed by atoms with E-state index < -0.39 is 5.97 Å². The summed E-state index contributed by atoms with van der Waals surface area (Å²) in [6.45, 7) is 0. The molecule has 3 aromatic rings. The molecule has 1 aromatic carbocycles. The third-order valence-corrected chi connectivity index (χ3v) is 6.29. The Hall–Kier alpha value is -3.19. The van der Waals surface area contributed by atoms with Gasteiger partial charge in [0.2, 0.25) is 0 Å². The van der Waals surface area contributed by atoms with E-state index in [4.69, 9.17) is 9.47 Å². The maximum Gasteiger partial charge on any atom is 0.342 e. The van der Waals surface area contributed by atoms with Crippen molar-refractivity contribution in [2.24, 2.45) is 0 Å². The molecule has 1 fully saturated rings. The molecule has 4 rings (SSSR count). The summed E-state index contributed by atoms with van der Waals surface area (Å²) in [5, 5.41) is 5.25. The Labute approximate surface area is 185 Å². The molecular weight excluding hydrogens is 412 g/mol. The number of aromatic nitrogens is 1. The number of hydrogen-bond acceptors (Lipinski definition) is 6. The zero-order valence-electron chi connectivity index (χ0n) is 17.3. The van der Waals surface area contributed by atoms with Crippen LogP contribution in [0.2, 0.25) is 0 Å².